The molecule has 0 saturated carbocycles. The smallest absolute Gasteiger partial charge is 0.256 e. The molecule has 0 atom stereocenters. The van der Waals surface area contributed by atoms with E-state index in [-0.39, 0.29) is 23.0 Å². The molecule has 0 spiro atoms. The van der Waals surface area contributed by atoms with Crippen LogP contribution in [0.15, 0.2) is 52.4 Å². The fraction of sp³-hybridized carbons (Fsp3) is 0.292. The third-order valence-corrected chi connectivity index (χ3v) is 6.29. The van der Waals surface area contributed by atoms with E-state index in [0.717, 1.165) is 23.4 Å². The minimum Gasteiger partial charge on any atom is -0.495 e. The number of nitrogens with one attached hydrogen (secondary N) is 2. The Labute approximate surface area is 195 Å². The predicted molar refractivity (Wildman–Crippen MR) is 126 cm³/mol. The minimum atomic E-state index is -0.264. The molecule has 0 saturated heterocycles. The highest BCUT2D eigenvalue weighted by atomic mass is 32.2. The number of fused-ring (bicyclic) bond motifs is 1. The first kappa shape index (κ1) is 23.0. The van der Waals surface area contributed by atoms with Crippen molar-refractivity contribution in [3.05, 3.63) is 81.0 Å². The van der Waals surface area contributed by atoms with Gasteiger partial charge in [-0.1, -0.05) is 30.0 Å². The second-order valence-corrected chi connectivity index (χ2v) is 8.89. The highest BCUT2D eigenvalue weighted by molar-refractivity contribution is 7.99. The van der Waals surface area contributed by atoms with Crippen molar-refractivity contribution in [2.75, 3.05) is 24.7 Å². The van der Waals surface area contributed by atoms with E-state index < -0.39 is 0 Å². The first-order chi connectivity index (χ1) is 15.9. The number of carbonyl (C=O) groups is 1. The molecule has 0 radical (unpaired) electrons. The zero-order valence-electron chi connectivity index (χ0n) is 18.5. The second-order valence-electron chi connectivity index (χ2n) is 7.92. The Kier molecular flexibility index (Phi) is 7.10. The van der Waals surface area contributed by atoms with Gasteiger partial charge in [0.25, 0.3) is 5.56 Å². The van der Waals surface area contributed by atoms with Crippen LogP contribution in [0.1, 0.15) is 22.4 Å². The van der Waals surface area contributed by atoms with E-state index in [0.29, 0.717) is 41.7 Å². The van der Waals surface area contributed by atoms with Crippen LogP contribution in [0.4, 0.5) is 10.1 Å². The fourth-order valence-corrected chi connectivity index (χ4v) is 4.43. The molecule has 2 N–H and O–H groups in total. The second kappa shape index (κ2) is 10.2. The molecule has 0 unspecified atom stereocenters. The normalized spacial score (nSPS) is 13.4. The van der Waals surface area contributed by atoms with Crippen LogP contribution in [0, 0.1) is 12.7 Å². The van der Waals surface area contributed by atoms with Crippen LogP contribution in [0.3, 0.4) is 0 Å². The number of aromatic amines is 1. The standard InChI is InChI=1S/C24H25FN4O3S/c1-15-3-8-21(32-2)20(11-15)26-22(30)14-33-24-27-19-9-10-29(13-18(19)23(31)28-24)12-16-4-6-17(25)7-5-16/h3-8,11H,9-10,12-14H2,1-2H3,(H,26,30)(H,27,28,31). The summed E-state index contributed by atoms with van der Waals surface area (Å²) in [4.78, 5) is 34.6. The first-order valence-corrected chi connectivity index (χ1v) is 11.6. The van der Waals surface area contributed by atoms with Crippen molar-refractivity contribution >= 4 is 23.4 Å². The van der Waals surface area contributed by atoms with Crippen molar-refractivity contribution in [1.82, 2.24) is 14.9 Å². The van der Waals surface area contributed by atoms with Gasteiger partial charge in [-0.3, -0.25) is 14.5 Å². The fourth-order valence-electron chi connectivity index (χ4n) is 3.75. The number of aromatic nitrogens is 2. The summed E-state index contributed by atoms with van der Waals surface area (Å²) in [6.07, 6.45) is 0.640. The maximum atomic E-state index is 13.1. The molecule has 1 amide bonds. The van der Waals surface area contributed by atoms with Gasteiger partial charge in [-0.2, -0.15) is 0 Å². The summed E-state index contributed by atoms with van der Waals surface area (Å²) >= 11 is 1.19. The van der Waals surface area contributed by atoms with Crippen molar-refractivity contribution < 1.29 is 13.9 Å². The molecule has 2 aromatic carbocycles. The molecule has 9 heteroatoms. The lowest BCUT2D eigenvalue weighted by Gasteiger charge is -2.27. The van der Waals surface area contributed by atoms with Crippen molar-refractivity contribution in [2.24, 2.45) is 0 Å². The first-order valence-electron chi connectivity index (χ1n) is 10.6. The molecule has 2 heterocycles. The molecule has 33 heavy (non-hydrogen) atoms. The molecule has 1 aliphatic heterocycles. The Morgan fingerprint density at radius 3 is 2.82 bits per heavy atom. The van der Waals surface area contributed by atoms with E-state index in [2.05, 4.69) is 20.2 Å². The average molecular weight is 469 g/mol. The number of anilines is 1. The molecule has 3 aromatic rings. The van der Waals surface area contributed by atoms with Gasteiger partial charge in [-0.25, -0.2) is 9.37 Å². The van der Waals surface area contributed by atoms with Crippen molar-refractivity contribution in [3.63, 3.8) is 0 Å². The van der Waals surface area contributed by atoms with Gasteiger partial charge in [-0.15, -0.1) is 0 Å². The lowest BCUT2D eigenvalue weighted by Crippen LogP contribution is -2.35. The van der Waals surface area contributed by atoms with E-state index >= 15 is 0 Å². The molecule has 0 bridgehead atoms. The van der Waals surface area contributed by atoms with Crippen LogP contribution in [-0.4, -0.2) is 40.2 Å². The van der Waals surface area contributed by atoms with Crippen LogP contribution in [-0.2, 0) is 24.3 Å². The van der Waals surface area contributed by atoms with Gasteiger partial charge >= 0.3 is 0 Å². The Hall–Kier alpha value is -3.17. The van der Waals surface area contributed by atoms with Crippen LogP contribution >= 0.6 is 11.8 Å². The number of benzene rings is 2. The van der Waals surface area contributed by atoms with E-state index in [9.17, 15) is 14.0 Å². The number of ether oxygens (including phenoxy) is 1. The van der Waals surface area contributed by atoms with Gasteiger partial charge in [0.05, 0.1) is 29.8 Å². The zero-order chi connectivity index (χ0) is 23.4. The summed E-state index contributed by atoms with van der Waals surface area (Å²) < 4.78 is 18.4. The number of nitrogens with zero attached hydrogens (tertiary/aromatic N) is 2. The maximum absolute atomic E-state index is 13.1. The number of halogens is 1. The molecule has 0 fully saturated rings. The number of carbonyl (C=O) groups excluding carboxylic acids is 1. The molecule has 1 aliphatic rings. The van der Waals surface area contributed by atoms with Crippen LogP contribution in [0.5, 0.6) is 5.75 Å². The van der Waals surface area contributed by atoms with Crippen molar-refractivity contribution in [3.8, 4) is 5.75 Å². The Morgan fingerprint density at radius 2 is 2.06 bits per heavy atom. The zero-order valence-corrected chi connectivity index (χ0v) is 19.3. The molecule has 172 valence electrons. The van der Waals surface area contributed by atoms with Gasteiger partial charge in [0.15, 0.2) is 5.16 Å². The van der Waals surface area contributed by atoms with Gasteiger partial charge < -0.3 is 15.0 Å². The van der Waals surface area contributed by atoms with E-state index in [4.69, 9.17) is 4.74 Å². The van der Waals surface area contributed by atoms with Gasteiger partial charge in [0.2, 0.25) is 5.91 Å². The summed E-state index contributed by atoms with van der Waals surface area (Å²) in [7, 11) is 1.55. The van der Waals surface area contributed by atoms with E-state index in [1.54, 1.807) is 25.3 Å². The molecule has 0 aliphatic carbocycles. The summed E-state index contributed by atoms with van der Waals surface area (Å²) in [5, 5.41) is 3.28. The van der Waals surface area contributed by atoms with Gasteiger partial charge in [0.1, 0.15) is 11.6 Å². The number of thioether (sulfide) groups is 1. The lowest BCUT2D eigenvalue weighted by molar-refractivity contribution is -0.113. The highest BCUT2D eigenvalue weighted by Gasteiger charge is 2.21. The van der Waals surface area contributed by atoms with Crippen molar-refractivity contribution in [1.29, 1.82) is 0 Å². The SMILES string of the molecule is COc1ccc(C)cc1NC(=O)CSc1nc2c(c(=O)[nH]1)CN(Cc1ccc(F)cc1)CC2. The monoisotopic (exact) mass is 468 g/mol. The topological polar surface area (TPSA) is 87.3 Å². The molecule has 4 rings (SSSR count). The van der Waals surface area contributed by atoms with Crippen LogP contribution in [0.2, 0.25) is 0 Å². The van der Waals surface area contributed by atoms with Gasteiger partial charge in [0, 0.05) is 26.1 Å². The summed E-state index contributed by atoms with van der Waals surface area (Å²) in [6.45, 7) is 3.80. The van der Waals surface area contributed by atoms with E-state index in [1.807, 2.05) is 19.1 Å². The number of rotatable bonds is 7. The molecule has 7 nitrogen and oxygen atoms in total. The Balaban J connectivity index is 1.38. The van der Waals surface area contributed by atoms with Crippen molar-refractivity contribution in [2.45, 2.75) is 31.6 Å². The Morgan fingerprint density at radius 1 is 1.27 bits per heavy atom. The van der Waals surface area contributed by atoms with Crippen LogP contribution < -0.4 is 15.6 Å². The molecular formula is C24H25FN4O3S. The quantitative estimate of drug-likeness (QED) is 0.408. The number of aryl methyl sites for hydroxylation is 1. The van der Waals surface area contributed by atoms with E-state index in [1.165, 1.54) is 23.9 Å². The summed E-state index contributed by atoms with van der Waals surface area (Å²) in [6, 6.07) is 11.9. The third kappa shape index (κ3) is 5.80. The minimum absolute atomic E-state index is 0.107. The van der Waals surface area contributed by atoms with Gasteiger partial charge in [-0.05, 0) is 42.3 Å². The third-order valence-electron chi connectivity index (χ3n) is 5.41. The molecular weight excluding hydrogens is 443 g/mol. The maximum Gasteiger partial charge on any atom is 0.256 e. The van der Waals surface area contributed by atoms with Crippen LogP contribution in [0.25, 0.3) is 0 Å². The Bertz CT molecular complexity index is 1210. The largest absolute Gasteiger partial charge is 0.495 e. The number of hydrogen-bond acceptors (Lipinski definition) is 6. The summed E-state index contributed by atoms with van der Waals surface area (Å²) in [5.41, 5.74) is 3.82. The predicted octanol–water partition coefficient (Wildman–Crippen LogP) is 3.52. The number of methoxy groups -OCH3 is 1. The molecule has 1 aromatic heterocycles. The lowest BCUT2D eigenvalue weighted by atomic mass is 10.1. The average Bonchev–Trinajstić information content (AvgIpc) is 2.80. The number of H-pyrrole nitrogens is 1. The highest BCUT2D eigenvalue weighted by Crippen LogP contribution is 2.26. The number of amides is 1. The summed E-state index contributed by atoms with van der Waals surface area (Å²) in [5.74, 6) is 0.217. The number of hydrogen-bond donors (Lipinski definition) is 2.